The summed E-state index contributed by atoms with van der Waals surface area (Å²) < 4.78 is 35.5. The van der Waals surface area contributed by atoms with Crippen LogP contribution in [0.15, 0.2) is 35.3 Å². The number of benzene rings is 1. The van der Waals surface area contributed by atoms with E-state index in [0.29, 0.717) is 48.7 Å². The average Bonchev–Trinajstić information content (AvgIpc) is 3.37. The lowest BCUT2D eigenvalue weighted by atomic mass is 9.97. The maximum atomic E-state index is 14.1. The minimum Gasteiger partial charge on any atom is -0.381 e. The van der Waals surface area contributed by atoms with Crippen LogP contribution in [0.2, 0.25) is 0 Å². The molecule has 2 aliphatic rings. The van der Waals surface area contributed by atoms with Crippen LogP contribution >= 0.6 is 0 Å². The summed E-state index contributed by atoms with van der Waals surface area (Å²) in [7, 11) is 0. The number of hydrogen-bond acceptors (Lipinski definition) is 5. The predicted molar refractivity (Wildman–Crippen MR) is 120 cm³/mol. The smallest absolute Gasteiger partial charge is 0.270 e. The van der Waals surface area contributed by atoms with Gasteiger partial charge in [-0.05, 0) is 24.3 Å². The van der Waals surface area contributed by atoms with Crippen LogP contribution in [0, 0.1) is 5.92 Å². The normalized spacial score (nSPS) is 22.9. The van der Waals surface area contributed by atoms with E-state index >= 15 is 0 Å². The molecule has 0 spiro atoms. The summed E-state index contributed by atoms with van der Waals surface area (Å²) in [5, 5.41) is 4.96. The molecule has 0 amide bonds. The molecule has 2 saturated heterocycles. The Bertz CT molecular complexity index is 1200. The first-order valence-electron chi connectivity index (χ1n) is 11.5. The Morgan fingerprint density at radius 2 is 1.97 bits per heavy atom. The molecule has 4 heterocycles. The maximum Gasteiger partial charge on any atom is 0.270 e. The van der Waals surface area contributed by atoms with Gasteiger partial charge in [0.2, 0.25) is 0 Å². The van der Waals surface area contributed by atoms with Crippen LogP contribution in [0.5, 0.6) is 0 Å². The molecule has 2 fully saturated rings. The van der Waals surface area contributed by atoms with Crippen molar-refractivity contribution in [1.29, 1.82) is 0 Å². The summed E-state index contributed by atoms with van der Waals surface area (Å²) >= 11 is 0. The number of aromatic amines is 1. The van der Waals surface area contributed by atoms with Crippen LogP contribution in [0.25, 0.3) is 11.0 Å². The zero-order chi connectivity index (χ0) is 23.2. The van der Waals surface area contributed by atoms with Crippen LogP contribution in [0.3, 0.4) is 0 Å². The molecule has 0 unspecified atom stereocenters. The van der Waals surface area contributed by atoms with Crippen molar-refractivity contribution in [2.24, 2.45) is 5.92 Å². The lowest BCUT2D eigenvalue weighted by Gasteiger charge is -2.23. The van der Waals surface area contributed by atoms with Crippen molar-refractivity contribution in [3.63, 3.8) is 0 Å². The standard InChI is InChI=1S/C24H29F2N5O2/c1-15-12-30(13-16-5-3-4-6-20(16)24(2,25)26)14-19(15)21-28-22-18(23(32)29-21)11-27-31(22)17-7-9-33-10-8-17/h3-6,11,15,17,19H,7-10,12-14H2,1-2H3,(H,28,29,32)/t15-,19-/m1/s1. The van der Waals surface area contributed by atoms with Crippen molar-refractivity contribution in [2.45, 2.75) is 51.1 Å². The van der Waals surface area contributed by atoms with E-state index in [0.717, 1.165) is 26.3 Å². The molecule has 7 nitrogen and oxygen atoms in total. The number of fused-ring (bicyclic) bond motifs is 1. The van der Waals surface area contributed by atoms with Gasteiger partial charge in [0.1, 0.15) is 11.2 Å². The predicted octanol–water partition coefficient (Wildman–Crippen LogP) is 3.82. The highest BCUT2D eigenvalue weighted by molar-refractivity contribution is 5.73. The molecule has 0 bridgehead atoms. The van der Waals surface area contributed by atoms with Gasteiger partial charge in [0.15, 0.2) is 5.65 Å². The number of halogens is 2. The van der Waals surface area contributed by atoms with Crippen LogP contribution in [0.1, 0.15) is 55.6 Å². The number of aromatic nitrogens is 4. The number of H-pyrrole nitrogens is 1. The van der Waals surface area contributed by atoms with E-state index in [1.165, 1.54) is 6.07 Å². The van der Waals surface area contributed by atoms with Crippen LogP contribution in [-0.4, -0.2) is 51.0 Å². The topological polar surface area (TPSA) is 76.0 Å². The minimum atomic E-state index is -2.89. The number of alkyl halides is 2. The van der Waals surface area contributed by atoms with Gasteiger partial charge in [-0.15, -0.1) is 0 Å². The molecule has 3 aromatic rings. The van der Waals surface area contributed by atoms with Gasteiger partial charge >= 0.3 is 0 Å². The Hall–Kier alpha value is -2.65. The Balaban J connectivity index is 1.41. The van der Waals surface area contributed by atoms with Crippen molar-refractivity contribution in [2.75, 3.05) is 26.3 Å². The van der Waals surface area contributed by atoms with Crippen LogP contribution in [0.4, 0.5) is 8.78 Å². The molecule has 0 saturated carbocycles. The second-order valence-corrected chi connectivity index (χ2v) is 9.44. The van der Waals surface area contributed by atoms with Gasteiger partial charge in [-0.3, -0.25) is 9.69 Å². The molecule has 33 heavy (non-hydrogen) atoms. The Labute approximate surface area is 190 Å². The van der Waals surface area contributed by atoms with E-state index in [4.69, 9.17) is 9.72 Å². The molecule has 0 radical (unpaired) electrons. The van der Waals surface area contributed by atoms with E-state index in [1.807, 2.05) is 4.68 Å². The largest absolute Gasteiger partial charge is 0.381 e. The van der Waals surface area contributed by atoms with Gasteiger partial charge in [0.25, 0.3) is 11.5 Å². The van der Waals surface area contributed by atoms with Gasteiger partial charge in [-0.1, -0.05) is 31.2 Å². The lowest BCUT2D eigenvalue weighted by molar-refractivity contribution is 0.0159. The summed E-state index contributed by atoms with van der Waals surface area (Å²) in [6, 6.07) is 6.88. The number of nitrogens with zero attached hydrogens (tertiary/aromatic N) is 4. The molecule has 0 aliphatic carbocycles. The first kappa shape index (κ1) is 22.2. The summed E-state index contributed by atoms with van der Waals surface area (Å²) in [4.78, 5) is 22.8. The Morgan fingerprint density at radius 3 is 2.73 bits per heavy atom. The summed E-state index contributed by atoms with van der Waals surface area (Å²) in [6.07, 6.45) is 3.28. The Morgan fingerprint density at radius 1 is 1.21 bits per heavy atom. The third-order valence-electron chi connectivity index (χ3n) is 6.94. The number of nitrogens with one attached hydrogen (secondary N) is 1. The van der Waals surface area contributed by atoms with Crippen LogP contribution in [-0.2, 0) is 17.2 Å². The zero-order valence-corrected chi connectivity index (χ0v) is 18.9. The van der Waals surface area contributed by atoms with Crippen molar-refractivity contribution < 1.29 is 13.5 Å². The molecule has 1 N–H and O–H groups in total. The van der Waals surface area contributed by atoms with Crippen molar-refractivity contribution in [1.82, 2.24) is 24.6 Å². The van der Waals surface area contributed by atoms with E-state index in [-0.39, 0.29) is 29.0 Å². The molecule has 1 aromatic carbocycles. The highest BCUT2D eigenvalue weighted by atomic mass is 19.3. The van der Waals surface area contributed by atoms with E-state index in [2.05, 4.69) is 21.9 Å². The number of rotatable bonds is 5. The van der Waals surface area contributed by atoms with E-state index < -0.39 is 5.92 Å². The lowest BCUT2D eigenvalue weighted by Crippen LogP contribution is -2.24. The van der Waals surface area contributed by atoms with Gasteiger partial charge in [0, 0.05) is 51.3 Å². The number of hydrogen-bond donors (Lipinski definition) is 1. The molecule has 9 heteroatoms. The van der Waals surface area contributed by atoms with Crippen LogP contribution < -0.4 is 5.56 Å². The molecular weight excluding hydrogens is 428 g/mol. The van der Waals surface area contributed by atoms with Crippen molar-refractivity contribution in [3.8, 4) is 0 Å². The first-order valence-corrected chi connectivity index (χ1v) is 11.5. The molecule has 176 valence electrons. The Kier molecular flexibility index (Phi) is 5.78. The highest BCUT2D eigenvalue weighted by Gasteiger charge is 2.35. The first-order chi connectivity index (χ1) is 15.8. The SMILES string of the molecule is C[C@@H]1CN(Cc2ccccc2C(C)(F)F)C[C@H]1c1nc2c(cnn2C2CCOCC2)c(=O)[nH]1. The van der Waals surface area contributed by atoms with Crippen molar-refractivity contribution in [3.05, 3.63) is 57.8 Å². The van der Waals surface area contributed by atoms with Crippen molar-refractivity contribution >= 4 is 11.0 Å². The number of likely N-dealkylation sites (tertiary alicyclic amines) is 1. The fraction of sp³-hybridized carbons (Fsp3) is 0.542. The molecule has 5 rings (SSSR count). The molecule has 2 aliphatic heterocycles. The highest BCUT2D eigenvalue weighted by Crippen LogP contribution is 2.35. The second-order valence-electron chi connectivity index (χ2n) is 9.44. The molecule has 2 atom stereocenters. The summed E-state index contributed by atoms with van der Waals surface area (Å²) in [5.41, 5.74) is 1.12. The second kappa shape index (κ2) is 8.61. The fourth-order valence-electron chi connectivity index (χ4n) is 5.21. The van der Waals surface area contributed by atoms with E-state index in [1.54, 1.807) is 24.4 Å². The third-order valence-corrected chi connectivity index (χ3v) is 6.94. The van der Waals surface area contributed by atoms with E-state index in [9.17, 15) is 13.6 Å². The van der Waals surface area contributed by atoms with Gasteiger partial charge in [0.05, 0.1) is 12.2 Å². The zero-order valence-electron chi connectivity index (χ0n) is 18.9. The fourth-order valence-corrected chi connectivity index (χ4v) is 5.21. The van der Waals surface area contributed by atoms with Gasteiger partial charge in [-0.2, -0.15) is 5.10 Å². The monoisotopic (exact) mass is 457 g/mol. The molecule has 2 aromatic heterocycles. The van der Waals surface area contributed by atoms with Gasteiger partial charge in [-0.25, -0.2) is 18.4 Å². The summed E-state index contributed by atoms with van der Waals surface area (Å²) in [6.45, 7) is 6.23. The minimum absolute atomic E-state index is 0.00874. The number of ether oxygens (including phenoxy) is 1. The average molecular weight is 458 g/mol. The quantitative estimate of drug-likeness (QED) is 0.631. The third kappa shape index (κ3) is 4.31. The molecular formula is C24H29F2N5O2. The van der Waals surface area contributed by atoms with Gasteiger partial charge < -0.3 is 9.72 Å². The maximum absolute atomic E-state index is 14.1. The summed E-state index contributed by atoms with van der Waals surface area (Å²) in [5.74, 6) is -2.01.